The van der Waals surface area contributed by atoms with E-state index < -0.39 is 0 Å². The van der Waals surface area contributed by atoms with Crippen LogP contribution in [-0.2, 0) is 6.61 Å². The number of aryl methyl sites for hydroxylation is 1. The zero-order valence-electron chi connectivity index (χ0n) is 8.88. The summed E-state index contributed by atoms with van der Waals surface area (Å²) in [5.41, 5.74) is 3.00. The Morgan fingerprint density at radius 1 is 1.50 bits per heavy atom. The first-order chi connectivity index (χ1) is 7.74. The molecular formula is C12H11N3O. The molecule has 0 aliphatic rings. The molecule has 0 atom stereocenters. The highest BCUT2D eigenvalue weighted by atomic mass is 16.3. The third-order valence-corrected chi connectivity index (χ3v) is 2.41. The molecule has 1 N–H and O–H groups in total. The second-order valence-corrected chi connectivity index (χ2v) is 3.50. The maximum absolute atomic E-state index is 9.07. The van der Waals surface area contributed by atoms with Gasteiger partial charge in [-0.2, -0.15) is 10.4 Å². The second kappa shape index (κ2) is 4.17. The van der Waals surface area contributed by atoms with Crippen LogP contribution < -0.4 is 0 Å². The zero-order chi connectivity index (χ0) is 11.5. The molecule has 0 bridgehead atoms. The number of aliphatic hydroxyl groups excluding tert-OH is 1. The molecule has 80 valence electrons. The lowest BCUT2D eigenvalue weighted by Crippen LogP contribution is -1.95. The summed E-state index contributed by atoms with van der Waals surface area (Å²) in [7, 11) is 0. The van der Waals surface area contributed by atoms with Crippen LogP contribution in [0.3, 0.4) is 0 Å². The summed E-state index contributed by atoms with van der Waals surface area (Å²) in [6.07, 6.45) is 1.77. The summed E-state index contributed by atoms with van der Waals surface area (Å²) < 4.78 is 1.67. The van der Waals surface area contributed by atoms with E-state index in [4.69, 9.17) is 10.4 Å². The van der Waals surface area contributed by atoms with Gasteiger partial charge in [-0.25, -0.2) is 4.68 Å². The highest BCUT2D eigenvalue weighted by Gasteiger charge is 2.05. The summed E-state index contributed by atoms with van der Waals surface area (Å²) in [5, 5.41) is 22.1. The first kappa shape index (κ1) is 10.4. The van der Waals surface area contributed by atoms with Crippen molar-refractivity contribution in [1.29, 1.82) is 5.26 Å². The second-order valence-electron chi connectivity index (χ2n) is 3.50. The van der Waals surface area contributed by atoms with Crippen LogP contribution in [0, 0.1) is 18.3 Å². The van der Waals surface area contributed by atoms with E-state index in [-0.39, 0.29) is 6.61 Å². The molecule has 0 saturated carbocycles. The quantitative estimate of drug-likeness (QED) is 0.823. The molecule has 0 saturated heterocycles. The highest BCUT2D eigenvalue weighted by Crippen LogP contribution is 2.13. The van der Waals surface area contributed by atoms with E-state index in [1.165, 1.54) is 0 Å². The molecule has 0 aliphatic carbocycles. The molecule has 0 amide bonds. The van der Waals surface area contributed by atoms with Gasteiger partial charge in [0.2, 0.25) is 0 Å². The average Bonchev–Trinajstić information content (AvgIpc) is 2.71. The molecule has 1 aromatic heterocycles. The number of aromatic nitrogens is 2. The smallest absolute Gasteiger partial charge is 0.0992 e. The van der Waals surface area contributed by atoms with Crippen molar-refractivity contribution in [3.8, 4) is 11.8 Å². The molecule has 1 heterocycles. The van der Waals surface area contributed by atoms with E-state index in [2.05, 4.69) is 11.2 Å². The summed E-state index contributed by atoms with van der Waals surface area (Å²) in [4.78, 5) is 0. The third kappa shape index (κ3) is 1.81. The van der Waals surface area contributed by atoms with Gasteiger partial charge in [0.25, 0.3) is 0 Å². The standard InChI is InChI=1S/C12H11N3O/c1-9-11(8-16)7-15(14-9)12-4-2-3-10(5-12)6-13/h2-5,7,16H,8H2,1H3. The molecule has 2 rings (SSSR count). The monoisotopic (exact) mass is 213 g/mol. The Morgan fingerprint density at radius 3 is 2.94 bits per heavy atom. The normalized spacial score (nSPS) is 10.1. The Labute approximate surface area is 93.4 Å². The predicted octanol–water partition coefficient (Wildman–Crippen LogP) is 1.54. The number of aliphatic hydroxyl groups is 1. The van der Waals surface area contributed by atoms with Crippen molar-refractivity contribution >= 4 is 0 Å². The van der Waals surface area contributed by atoms with E-state index in [0.717, 1.165) is 16.9 Å². The van der Waals surface area contributed by atoms with Gasteiger partial charge in [0, 0.05) is 11.8 Å². The van der Waals surface area contributed by atoms with Gasteiger partial charge in [-0.15, -0.1) is 0 Å². The minimum absolute atomic E-state index is 0.0240. The van der Waals surface area contributed by atoms with Crippen LogP contribution >= 0.6 is 0 Å². The number of hydrogen-bond donors (Lipinski definition) is 1. The van der Waals surface area contributed by atoms with Crippen molar-refractivity contribution in [3.05, 3.63) is 47.3 Å². The summed E-state index contributed by atoms with van der Waals surface area (Å²) in [6.45, 7) is 1.82. The van der Waals surface area contributed by atoms with Crippen molar-refractivity contribution in [1.82, 2.24) is 9.78 Å². The van der Waals surface area contributed by atoms with Gasteiger partial charge in [-0.1, -0.05) is 6.07 Å². The maximum atomic E-state index is 9.07. The molecule has 16 heavy (non-hydrogen) atoms. The fraction of sp³-hybridized carbons (Fsp3) is 0.167. The van der Waals surface area contributed by atoms with E-state index >= 15 is 0 Å². The average molecular weight is 213 g/mol. The maximum Gasteiger partial charge on any atom is 0.0992 e. The first-order valence-electron chi connectivity index (χ1n) is 4.91. The molecule has 0 aliphatic heterocycles. The van der Waals surface area contributed by atoms with Crippen LogP contribution in [0.2, 0.25) is 0 Å². The van der Waals surface area contributed by atoms with Gasteiger partial charge in [-0.3, -0.25) is 0 Å². The zero-order valence-corrected chi connectivity index (χ0v) is 8.88. The Kier molecular flexibility index (Phi) is 2.71. The summed E-state index contributed by atoms with van der Waals surface area (Å²) in [5.74, 6) is 0. The van der Waals surface area contributed by atoms with Crippen LogP contribution in [0.15, 0.2) is 30.5 Å². The van der Waals surface area contributed by atoms with Crippen molar-refractivity contribution in [2.75, 3.05) is 0 Å². The topological polar surface area (TPSA) is 61.8 Å². The van der Waals surface area contributed by atoms with Gasteiger partial charge in [-0.05, 0) is 25.1 Å². The van der Waals surface area contributed by atoms with Gasteiger partial charge in [0.15, 0.2) is 0 Å². The van der Waals surface area contributed by atoms with E-state index in [0.29, 0.717) is 5.56 Å². The third-order valence-electron chi connectivity index (χ3n) is 2.41. The SMILES string of the molecule is Cc1nn(-c2cccc(C#N)c2)cc1CO. The first-order valence-corrected chi connectivity index (χ1v) is 4.91. The molecule has 2 aromatic rings. The van der Waals surface area contributed by atoms with Gasteiger partial charge < -0.3 is 5.11 Å². The molecular weight excluding hydrogens is 202 g/mol. The van der Waals surface area contributed by atoms with Crippen molar-refractivity contribution < 1.29 is 5.11 Å². The largest absolute Gasteiger partial charge is 0.392 e. The van der Waals surface area contributed by atoms with Crippen LogP contribution in [0.4, 0.5) is 0 Å². The van der Waals surface area contributed by atoms with Gasteiger partial charge >= 0.3 is 0 Å². The molecule has 0 unspecified atom stereocenters. The molecule has 4 nitrogen and oxygen atoms in total. The van der Waals surface area contributed by atoms with Crippen LogP contribution in [0.1, 0.15) is 16.8 Å². The molecule has 0 spiro atoms. The fourth-order valence-corrected chi connectivity index (χ4v) is 1.50. The molecule has 0 fully saturated rings. The lowest BCUT2D eigenvalue weighted by atomic mass is 10.2. The molecule has 4 heteroatoms. The number of hydrogen-bond acceptors (Lipinski definition) is 3. The Hall–Kier alpha value is -2.12. The van der Waals surface area contributed by atoms with E-state index in [1.807, 2.05) is 19.1 Å². The minimum Gasteiger partial charge on any atom is -0.392 e. The molecule has 0 radical (unpaired) electrons. The van der Waals surface area contributed by atoms with Crippen LogP contribution in [0.25, 0.3) is 5.69 Å². The van der Waals surface area contributed by atoms with E-state index in [9.17, 15) is 0 Å². The Morgan fingerprint density at radius 2 is 2.31 bits per heavy atom. The number of benzene rings is 1. The number of nitrogens with zero attached hydrogens (tertiary/aromatic N) is 3. The van der Waals surface area contributed by atoms with E-state index in [1.54, 1.807) is 23.0 Å². The van der Waals surface area contributed by atoms with Crippen molar-refractivity contribution in [2.24, 2.45) is 0 Å². The summed E-state index contributed by atoms with van der Waals surface area (Å²) >= 11 is 0. The minimum atomic E-state index is -0.0240. The van der Waals surface area contributed by atoms with Crippen molar-refractivity contribution in [2.45, 2.75) is 13.5 Å². The fourth-order valence-electron chi connectivity index (χ4n) is 1.50. The summed E-state index contributed by atoms with van der Waals surface area (Å²) in [6, 6.07) is 9.26. The lowest BCUT2D eigenvalue weighted by molar-refractivity contribution is 0.281. The van der Waals surface area contributed by atoms with Gasteiger partial charge in [0.05, 0.1) is 29.6 Å². The Balaban J connectivity index is 2.46. The highest BCUT2D eigenvalue weighted by molar-refractivity contribution is 5.41. The number of rotatable bonds is 2. The lowest BCUT2D eigenvalue weighted by Gasteiger charge is -2.00. The Bertz CT molecular complexity index is 552. The van der Waals surface area contributed by atoms with Crippen molar-refractivity contribution in [3.63, 3.8) is 0 Å². The predicted molar refractivity (Wildman–Crippen MR) is 58.9 cm³/mol. The molecule has 1 aromatic carbocycles. The van der Waals surface area contributed by atoms with Crippen LogP contribution in [-0.4, -0.2) is 14.9 Å². The van der Waals surface area contributed by atoms with Gasteiger partial charge in [0.1, 0.15) is 0 Å². The number of nitriles is 1. The van der Waals surface area contributed by atoms with Crippen LogP contribution in [0.5, 0.6) is 0 Å².